The van der Waals surface area contributed by atoms with Crippen molar-refractivity contribution in [1.82, 2.24) is 9.88 Å². The van der Waals surface area contributed by atoms with E-state index < -0.39 is 0 Å². The molecule has 1 aliphatic rings. The molecular weight excluding hydrogens is 490 g/mol. The molecule has 0 spiro atoms. The zero-order valence-electron chi connectivity index (χ0n) is 19.2. The Kier molecular flexibility index (Phi) is 7.42. The molecule has 0 saturated carbocycles. The normalized spacial score (nSPS) is 13.3. The van der Waals surface area contributed by atoms with Gasteiger partial charge in [0.05, 0.1) is 30.0 Å². The number of hydrogen-bond donors (Lipinski definition) is 1. The maximum Gasteiger partial charge on any atom is 0.260 e. The van der Waals surface area contributed by atoms with Crippen LogP contribution < -0.4 is 14.8 Å². The number of hydrogen-bond acceptors (Lipinski definition) is 7. The van der Waals surface area contributed by atoms with E-state index in [1.165, 1.54) is 10.4 Å². The molecule has 1 N–H and O–H groups in total. The second-order valence-corrected chi connectivity index (χ2v) is 9.97. The quantitative estimate of drug-likeness (QED) is 0.336. The minimum atomic E-state index is -0.206. The number of para-hydroxylation sites is 1. The monoisotopic (exact) mass is 515 g/mol. The Morgan fingerprint density at radius 2 is 1.97 bits per heavy atom. The number of nitrogens with one attached hydrogen (secondary N) is 1. The third-order valence-corrected chi connectivity index (χ3v) is 8.16. The van der Waals surface area contributed by atoms with E-state index in [0.29, 0.717) is 17.1 Å². The van der Waals surface area contributed by atoms with Crippen LogP contribution in [0.2, 0.25) is 0 Å². The highest BCUT2D eigenvalue weighted by Crippen LogP contribution is 2.46. The number of rotatable bonds is 6. The summed E-state index contributed by atoms with van der Waals surface area (Å²) in [6.07, 6.45) is 0.951. The molecule has 0 bridgehead atoms. The van der Waals surface area contributed by atoms with E-state index in [1.807, 2.05) is 18.2 Å². The number of amides is 1. The molecule has 34 heavy (non-hydrogen) atoms. The maximum absolute atomic E-state index is 13.3. The molecule has 1 amide bonds. The predicted octanol–water partition coefficient (Wildman–Crippen LogP) is 6.09. The zero-order valence-corrected chi connectivity index (χ0v) is 21.7. The Balaban J connectivity index is 0.00000274. The fourth-order valence-corrected chi connectivity index (χ4v) is 6.57. The van der Waals surface area contributed by atoms with Gasteiger partial charge in [-0.15, -0.1) is 35.1 Å². The number of thiophene rings is 1. The van der Waals surface area contributed by atoms with Gasteiger partial charge in [-0.25, -0.2) is 4.98 Å². The van der Waals surface area contributed by atoms with Crippen LogP contribution in [0, 0.1) is 0 Å². The number of carbonyl (C=O) groups excluding carboxylic acids is 1. The Bertz CT molecular complexity index is 1300. The molecule has 178 valence electrons. The van der Waals surface area contributed by atoms with Crippen LogP contribution >= 0.6 is 35.1 Å². The Morgan fingerprint density at radius 3 is 2.71 bits per heavy atom. The van der Waals surface area contributed by atoms with Gasteiger partial charge in [-0.2, -0.15) is 0 Å². The number of halogens is 1. The molecule has 0 aliphatic carbocycles. The van der Waals surface area contributed by atoms with Gasteiger partial charge in [-0.05, 0) is 42.8 Å². The number of anilines is 1. The van der Waals surface area contributed by atoms with E-state index in [-0.39, 0.29) is 18.3 Å². The molecule has 0 fully saturated rings. The van der Waals surface area contributed by atoms with Gasteiger partial charge in [-0.1, -0.05) is 19.1 Å². The van der Waals surface area contributed by atoms with Crippen molar-refractivity contribution in [2.75, 3.05) is 32.6 Å². The summed E-state index contributed by atoms with van der Waals surface area (Å²) in [5.41, 5.74) is 3.82. The maximum atomic E-state index is 13.3. The highest BCUT2D eigenvalue weighted by atomic mass is 35.5. The summed E-state index contributed by atoms with van der Waals surface area (Å²) in [7, 11) is 3.15. The lowest BCUT2D eigenvalue weighted by atomic mass is 10.0. The smallest absolute Gasteiger partial charge is 0.260 e. The second-order valence-electron chi connectivity index (χ2n) is 7.83. The first-order chi connectivity index (χ1) is 16.1. The molecular formula is C25H26ClN3O3S2. The van der Waals surface area contributed by atoms with E-state index in [1.54, 1.807) is 55.1 Å². The van der Waals surface area contributed by atoms with Crippen LogP contribution in [0.1, 0.15) is 27.7 Å². The van der Waals surface area contributed by atoms with E-state index in [4.69, 9.17) is 14.5 Å². The van der Waals surface area contributed by atoms with Gasteiger partial charge in [0, 0.05) is 29.6 Å². The van der Waals surface area contributed by atoms with Crippen LogP contribution in [0.25, 0.3) is 20.8 Å². The molecule has 2 aromatic carbocycles. The average Bonchev–Trinajstić information content (AvgIpc) is 3.43. The highest BCUT2D eigenvalue weighted by molar-refractivity contribution is 7.23. The lowest BCUT2D eigenvalue weighted by Gasteiger charge is -2.25. The SMILES string of the molecule is CCN1CCc2c(sc(NC(=O)c3ccc(OC)cc3OC)c2-c2nc3ccccc3s2)C1.Cl. The third kappa shape index (κ3) is 4.51. The first-order valence-corrected chi connectivity index (χ1v) is 12.5. The molecule has 0 radical (unpaired) electrons. The van der Waals surface area contributed by atoms with Gasteiger partial charge in [-0.3, -0.25) is 9.69 Å². The van der Waals surface area contributed by atoms with Crippen LogP contribution in [-0.4, -0.2) is 43.1 Å². The Labute approximate surface area is 212 Å². The molecule has 6 nitrogen and oxygen atoms in total. The van der Waals surface area contributed by atoms with Gasteiger partial charge in [0.25, 0.3) is 5.91 Å². The number of ether oxygens (including phenoxy) is 2. The fraction of sp³-hybridized carbons (Fsp3) is 0.280. The van der Waals surface area contributed by atoms with Crippen molar-refractivity contribution in [2.45, 2.75) is 19.9 Å². The van der Waals surface area contributed by atoms with Crippen molar-refractivity contribution in [1.29, 1.82) is 0 Å². The molecule has 4 aromatic rings. The van der Waals surface area contributed by atoms with Crippen LogP contribution in [0.3, 0.4) is 0 Å². The summed E-state index contributed by atoms with van der Waals surface area (Å²) in [5.74, 6) is 0.916. The minimum absolute atomic E-state index is 0. The number of methoxy groups -OCH3 is 2. The molecule has 0 unspecified atom stereocenters. The van der Waals surface area contributed by atoms with E-state index >= 15 is 0 Å². The van der Waals surface area contributed by atoms with Crippen molar-refractivity contribution in [3.05, 3.63) is 58.5 Å². The lowest BCUT2D eigenvalue weighted by molar-refractivity contribution is 0.102. The number of likely N-dealkylation sites (N-methyl/N-ethyl adjacent to an activating group) is 1. The number of benzene rings is 2. The number of aromatic nitrogens is 1. The first kappa shape index (κ1) is 24.5. The van der Waals surface area contributed by atoms with Crippen LogP contribution in [-0.2, 0) is 13.0 Å². The first-order valence-electron chi connectivity index (χ1n) is 10.9. The molecule has 1 aliphatic heterocycles. The van der Waals surface area contributed by atoms with Crippen LogP contribution in [0.5, 0.6) is 11.5 Å². The van der Waals surface area contributed by atoms with Gasteiger partial charge < -0.3 is 14.8 Å². The average molecular weight is 516 g/mol. The summed E-state index contributed by atoms with van der Waals surface area (Å²) >= 11 is 3.33. The number of fused-ring (bicyclic) bond motifs is 2. The summed E-state index contributed by atoms with van der Waals surface area (Å²) in [5, 5.41) is 4.98. The van der Waals surface area contributed by atoms with E-state index in [2.05, 4.69) is 23.2 Å². The van der Waals surface area contributed by atoms with E-state index in [0.717, 1.165) is 51.8 Å². The number of carbonyl (C=O) groups is 1. The minimum Gasteiger partial charge on any atom is -0.497 e. The molecule has 3 heterocycles. The Morgan fingerprint density at radius 1 is 1.15 bits per heavy atom. The lowest BCUT2D eigenvalue weighted by Crippen LogP contribution is -2.29. The van der Waals surface area contributed by atoms with Gasteiger partial charge >= 0.3 is 0 Å². The fourth-order valence-electron chi connectivity index (χ4n) is 4.18. The topological polar surface area (TPSA) is 63.7 Å². The van der Waals surface area contributed by atoms with E-state index in [9.17, 15) is 4.79 Å². The van der Waals surface area contributed by atoms with Gasteiger partial charge in [0.1, 0.15) is 21.5 Å². The number of thiazole rings is 1. The molecule has 9 heteroatoms. The van der Waals surface area contributed by atoms with Crippen molar-refractivity contribution >= 4 is 56.2 Å². The summed E-state index contributed by atoms with van der Waals surface area (Å²) < 4.78 is 11.9. The molecule has 0 atom stereocenters. The highest BCUT2D eigenvalue weighted by Gasteiger charge is 2.28. The third-order valence-electron chi connectivity index (χ3n) is 5.97. The van der Waals surface area contributed by atoms with Crippen molar-refractivity contribution in [3.63, 3.8) is 0 Å². The van der Waals surface area contributed by atoms with Crippen molar-refractivity contribution in [2.24, 2.45) is 0 Å². The van der Waals surface area contributed by atoms with Crippen LogP contribution in [0.4, 0.5) is 5.00 Å². The molecule has 0 saturated heterocycles. The summed E-state index contributed by atoms with van der Waals surface area (Å²) in [6, 6.07) is 13.4. The van der Waals surface area contributed by atoms with Crippen molar-refractivity contribution in [3.8, 4) is 22.1 Å². The summed E-state index contributed by atoms with van der Waals surface area (Å²) in [6.45, 7) is 5.11. The van der Waals surface area contributed by atoms with Gasteiger partial charge in [0.2, 0.25) is 0 Å². The Hall–Kier alpha value is -2.65. The zero-order chi connectivity index (χ0) is 22.9. The largest absolute Gasteiger partial charge is 0.497 e. The standard InChI is InChI=1S/C25H25N3O3S2.ClH/c1-4-28-12-11-17-21(14-28)33-25(22(17)24-26-18-7-5-6-8-20(18)32-24)27-23(29)16-10-9-15(30-2)13-19(16)31-3;/h5-10,13H,4,11-12,14H2,1-3H3,(H,27,29);1H. The van der Waals surface area contributed by atoms with Gasteiger partial charge in [0.15, 0.2) is 0 Å². The molecule has 5 rings (SSSR count). The summed E-state index contributed by atoms with van der Waals surface area (Å²) in [4.78, 5) is 22.0. The predicted molar refractivity (Wildman–Crippen MR) is 142 cm³/mol. The second kappa shape index (κ2) is 10.3. The molecule has 2 aromatic heterocycles. The number of nitrogens with zero attached hydrogens (tertiary/aromatic N) is 2. The van der Waals surface area contributed by atoms with Crippen molar-refractivity contribution < 1.29 is 14.3 Å². The van der Waals surface area contributed by atoms with Crippen LogP contribution in [0.15, 0.2) is 42.5 Å².